The number of amides is 1. The fourth-order valence-corrected chi connectivity index (χ4v) is 1.00. The Kier molecular flexibility index (Phi) is 5.69. The number of anilines is 1. The van der Waals surface area contributed by atoms with Crippen LogP contribution in [0.3, 0.4) is 0 Å². The van der Waals surface area contributed by atoms with Gasteiger partial charge in [-0.1, -0.05) is 11.6 Å². The Morgan fingerprint density at radius 3 is 3.06 bits per heavy atom. The molecule has 0 aliphatic rings. The molecule has 0 aliphatic carbocycles. The average Bonchev–Trinajstić information content (AvgIpc) is 2.24. The van der Waals surface area contributed by atoms with Gasteiger partial charge >= 0.3 is 0 Å². The first-order chi connectivity index (χ1) is 7.72. The molecule has 0 fully saturated rings. The summed E-state index contributed by atoms with van der Waals surface area (Å²) in [6, 6.07) is 1.52. The number of halogens is 1. The van der Waals surface area contributed by atoms with Crippen LogP contribution in [0.4, 0.5) is 5.95 Å². The van der Waals surface area contributed by atoms with E-state index in [4.69, 9.17) is 21.1 Å². The van der Waals surface area contributed by atoms with Crippen molar-refractivity contribution in [2.24, 2.45) is 0 Å². The molecule has 1 rings (SSSR count). The minimum Gasteiger partial charge on any atom is -0.382 e. The molecule has 0 unspecified atom stereocenters. The van der Waals surface area contributed by atoms with Crippen LogP contribution in [0.25, 0.3) is 0 Å². The summed E-state index contributed by atoms with van der Waals surface area (Å²) in [6.45, 7) is 0.737. The van der Waals surface area contributed by atoms with Crippen molar-refractivity contribution in [2.45, 2.75) is 0 Å². The fourth-order valence-electron chi connectivity index (χ4n) is 0.865. The third kappa shape index (κ3) is 5.01. The molecule has 6 nitrogen and oxygen atoms in total. The van der Waals surface area contributed by atoms with Crippen LogP contribution in [0, 0.1) is 0 Å². The van der Waals surface area contributed by atoms with Gasteiger partial charge in [0.15, 0.2) is 0 Å². The Morgan fingerprint density at radius 1 is 1.56 bits per heavy atom. The van der Waals surface area contributed by atoms with E-state index in [2.05, 4.69) is 15.3 Å². The molecule has 0 saturated carbocycles. The Hall–Kier alpha value is -1.24. The van der Waals surface area contributed by atoms with Crippen LogP contribution >= 0.6 is 11.6 Å². The molecule has 1 aromatic heterocycles. The number of methoxy groups -OCH3 is 1. The maximum absolute atomic E-state index is 11.3. The summed E-state index contributed by atoms with van der Waals surface area (Å²) in [5, 5.41) is 2.72. The molecule has 0 radical (unpaired) electrons. The van der Waals surface area contributed by atoms with Crippen molar-refractivity contribution < 1.29 is 14.3 Å². The van der Waals surface area contributed by atoms with Crippen molar-refractivity contribution in [1.82, 2.24) is 9.97 Å². The number of ether oxygens (including phenoxy) is 2. The minimum atomic E-state index is -0.335. The van der Waals surface area contributed by atoms with Crippen LogP contribution in [0.1, 0.15) is 0 Å². The van der Waals surface area contributed by atoms with Crippen molar-refractivity contribution in [3.63, 3.8) is 0 Å². The van der Waals surface area contributed by atoms with E-state index in [0.29, 0.717) is 13.2 Å². The van der Waals surface area contributed by atoms with E-state index >= 15 is 0 Å². The van der Waals surface area contributed by atoms with Gasteiger partial charge in [0.25, 0.3) is 5.91 Å². The van der Waals surface area contributed by atoms with E-state index in [0.717, 1.165) is 0 Å². The third-order valence-corrected chi connectivity index (χ3v) is 1.75. The third-order valence-electron chi connectivity index (χ3n) is 1.54. The van der Waals surface area contributed by atoms with E-state index in [1.54, 1.807) is 7.11 Å². The van der Waals surface area contributed by atoms with E-state index in [-0.39, 0.29) is 23.6 Å². The molecule has 1 heterocycles. The standard InChI is InChI=1S/C9H12ClN3O3/c1-15-4-5-16-6-8(14)13-9-11-3-2-7(10)12-9/h2-3H,4-6H2,1H3,(H,11,12,13,14). The molecule has 0 aromatic carbocycles. The monoisotopic (exact) mass is 245 g/mol. The highest BCUT2D eigenvalue weighted by molar-refractivity contribution is 6.29. The van der Waals surface area contributed by atoms with Crippen LogP contribution in [0.2, 0.25) is 5.15 Å². The van der Waals surface area contributed by atoms with Gasteiger partial charge < -0.3 is 9.47 Å². The summed E-state index contributed by atoms with van der Waals surface area (Å²) < 4.78 is 9.77. The normalized spacial score (nSPS) is 10.1. The second kappa shape index (κ2) is 7.10. The lowest BCUT2D eigenvalue weighted by molar-refractivity contribution is -0.121. The number of nitrogens with one attached hydrogen (secondary N) is 1. The molecule has 16 heavy (non-hydrogen) atoms. The van der Waals surface area contributed by atoms with E-state index in [9.17, 15) is 4.79 Å². The second-order valence-corrected chi connectivity index (χ2v) is 3.18. The molecule has 0 spiro atoms. The van der Waals surface area contributed by atoms with E-state index < -0.39 is 0 Å². The zero-order valence-corrected chi connectivity index (χ0v) is 9.53. The zero-order valence-electron chi connectivity index (χ0n) is 8.77. The number of hydrogen-bond acceptors (Lipinski definition) is 5. The SMILES string of the molecule is COCCOCC(=O)Nc1nccc(Cl)n1. The maximum atomic E-state index is 11.3. The predicted octanol–water partition coefficient (Wildman–Crippen LogP) is 0.731. The maximum Gasteiger partial charge on any atom is 0.252 e. The van der Waals surface area contributed by atoms with Crippen LogP contribution < -0.4 is 5.32 Å². The fraction of sp³-hybridized carbons (Fsp3) is 0.444. The lowest BCUT2D eigenvalue weighted by Gasteiger charge is -2.04. The van der Waals surface area contributed by atoms with Crippen molar-refractivity contribution in [3.05, 3.63) is 17.4 Å². The molecule has 0 atom stereocenters. The lowest BCUT2D eigenvalue weighted by Crippen LogP contribution is -2.20. The van der Waals surface area contributed by atoms with E-state index in [1.165, 1.54) is 12.3 Å². The molecule has 1 N–H and O–H groups in total. The second-order valence-electron chi connectivity index (χ2n) is 2.80. The van der Waals surface area contributed by atoms with Gasteiger partial charge in [-0.3, -0.25) is 10.1 Å². The largest absolute Gasteiger partial charge is 0.382 e. The smallest absolute Gasteiger partial charge is 0.252 e. The van der Waals surface area contributed by atoms with Crippen molar-refractivity contribution in [2.75, 3.05) is 32.2 Å². The Bertz CT molecular complexity index is 349. The van der Waals surface area contributed by atoms with E-state index in [1.807, 2.05) is 0 Å². The minimum absolute atomic E-state index is 0.0702. The van der Waals surface area contributed by atoms with Crippen molar-refractivity contribution in [1.29, 1.82) is 0 Å². The van der Waals surface area contributed by atoms with Gasteiger partial charge in [-0.05, 0) is 6.07 Å². The number of nitrogens with zero attached hydrogens (tertiary/aromatic N) is 2. The number of aromatic nitrogens is 2. The van der Waals surface area contributed by atoms with Crippen molar-refractivity contribution >= 4 is 23.5 Å². The van der Waals surface area contributed by atoms with Gasteiger partial charge in [0.05, 0.1) is 13.2 Å². The molecular formula is C9H12ClN3O3. The molecule has 0 aliphatic heterocycles. The summed E-state index contributed by atoms with van der Waals surface area (Å²) in [6.07, 6.45) is 1.46. The zero-order chi connectivity index (χ0) is 11.8. The summed E-state index contributed by atoms with van der Waals surface area (Å²) in [4.78, 5) is 18.9. The summed E-state index contributed by atoms with van der Waals surface area (Å²) >= 11 is 5.62. The van der Waals surface area contributed by atoms with Crippen LogP contribution in [-0.4, -0.2) is 42.8 Å². The summed E-state index contributed by atoms with van der Waals surface area (Å²) in [7, 11) is 1.56. The molecule has 88 valence electrons. The van der Waals surface area contributed by atoms with Gasteiger partial charge in [-0.15, -0.1) is 0 Å². The predicted molar refractivity (Wildman–Crippen MR) is 58.4 cm³/mol. The highest BCUT2D eigenvalue weighted by Gasteiger charge is 2.04. The Balaban J connectivity index is 2.29. The van der Waals surface area contributed by atoms with Crippen LogP contribution in [0.15, 0.2) is 12.3 Å². The molecular weight excluding hydrogens is 234 g/mol. The number of rotatable bonds is 6. The van der Waals surface area contributed by atoms with Crippen LogP contribution in [0.5, 0.6) is 0 Å². The highest BCUT2D eigenvalue weighted by Crippen LogP contribution is 2.05. The van der Waals surface area contributed by atoms with Gasteiger partial charge in [0.2, 0.25) is 5.95 Å². The van der Waals surface area contributed by atoms with Gasteiger partial charge in [0.1, 0.15) is 11.8 Å². The number of carbonyl (C=O) groups is 1. The molecule has 7 heteroatoms. The number of hydrogen-bond donors (Lipinski definition) is 1. The average molecular weight is 246 g/mol. The van der Waals surface area contributed by atoms with Gasteiger partial charge in [-0.2, -0.15) is 0 Å². The first kappa shape index (κ1) is 12.8. The highest BCUT2D eigenvalue weighted by atomic mass is 35.5. The van der Waals surface area contributed by atoms with Crippen molar-refractivity contribution in [3.8, 4) is 0 Å². The number of carbonyl (C=O) groups excluding carboxylic acids is 1. The summed E-state index contributed by atoms with van der Waals surface area (Å²) in [5.74, 6) is -0.175. The first-order valence-electron chi connectivity index (χ1n) is 4.57. The quantitative estimate of drug-likeness (QED) is 0.591. The summed E-state index contributed by atoms with van der Waals surface area (Å²) in [5.41, 5.74) is 0. The van der Waals surface area contributed by atoms with Gasteiger partial charge in [0, 0.05) is 13.3 Å². The molecule has 0 bridgehead atoms. The lowest BCUT2D eigenvalue weighted by atomic mass is 10.6. The van der Waals surface area contributed by atoms with Crippen LogP contribution in [-0.2, 0) is 14.3 Å². The topological polar surface area (TPSA) is 73.3 Å². The molecule has 1 amide bonds. The Labute approximate surface area is 97.9 Å². The Morgan fingerprint density at radius 2 is 2.38 bits per heavy atom. The van der Waals surface area contributed by atoms with Gasteiger partial charge in [-0.25, -0.2) is 9.97 Å². The molecule has 1 aromatic rings. The first-order valence-corrected chi connectivity index (χ1v) is 4.95. The molecule has 0 saturated heterocycles.